The molecule has 0 saturated carbocycles. The van der Waals surface area contributed by atoms with Gasteiger partial charge in [-0.15, -0.1) is 0 Å². The molecule has 1 heterocycles. The van der Waals surface area contributed by atoms with E-state index in [2.05, 4.69) is 0 Å². The first-order valence-electron chi connectivity index (χ1n) is 9.31. The van der Waals surface area contributed by atoms with Crippen molar-refractivity contribution in [3.05, 3.63) is 60.2 Å². The molecule has 0 N–H and O–H groups in total. The van der Waals surface area contributed by atoms with E-state index in [0.717, 1.165) is 0 Å². The monoisotopic (exact) mass is 436 g/mol. The number of benzene rings is 2. The zero-order chi connectivity index (χ0) is 21.2. The average molecular weight is 437 g/mol. The van der Waals surface area contributed by atoms with Crippen molar-refractivity contribution in [3.63, 3.8) is 0 Å². The summed E-state index contributed by atoms with van der Waals surface area (Å²) in [5.74, 6) is -0.235. The van der Waals surface area contributed by atoms with Crippen LogP contribution in [0.2, 0.25) is 0 Å². The van der Waals surface area contributed by atoms with E-state index in [4.69, 9.17) is 0 Å². The van der Waals surface area contributed by atoms with Crippen LogP contribution in [-0.4, -0.2) is 58.8 Å². The molecule has 1 saturated heterocycles. The van der Waals surface area contributed by atoms with Gasteiger partial charge < -0.3 is 4.90 Å². The van der Waals surface area contributed by atoms with Gasteiger partial charge in [-0.05, 0) is 49.7 Å². The lowest BCUT2D eigenvalue weighted by molar-refractivity contribution is 0.0708. The summed E-state index contributed by atoms with van der Waals surface area (Å²) < 4.78 is 50.4. The highest BCUT2D eigenvalue weighted by Crippen LogP contribution is 2.23. The lowest BCUT2D eigenvalue weighted by Crippen LogP contribution is -2.41. The summed E-state index contributed by atoms with van der Waals surface area (Å²) in [4.78, 5) is 14.5. The van der Waals surface area contributed by atoms with Gasteiger partial charge >= 0.3 is 0 Å². The van der Waals surface area contributed by atoms with Crippen molar-refractivity contribution in [2.45, 2.75) is 24.3 Å². The van der Waals surface area contributed by atoms with Crippen LogP contribution >= 0.6 is 0 Å². The van der Waals surface area contributed by atoms with Gasteiger partial charge in [-0.2, -0.15) is 0 Å². The quantitative estimate of drug-likeness (QED) is 0.692. The standard InChI is InChI=1S/C20H24N2O5S2/c1-3-22(18-13-14-28(24,25)15-18)20(23)16-9-11-19(12-10-16)29(26,27)21(2)17-7-5-4-6-8-17/h4-12,18H,3,13-15H2,1-2H3. The van der Waals surface area contributed by atoms with Crippen LogP contribution in [-0.2, 0) is 19.9 Å². The summed E-state index contributed by atoms with van der Waals surface area (Å²) >= 11 is 0. The van der Waals surface area contributed by atoms with Gasteiger partial charge in [-0.3, -0.25) is 9.10 Å². The number of hydrogen-bond donors (Lipinski definition) is 0. The zero-order valence-corrected chi connectivity index (χ0v) is 18.0. The predicted molar refractivity (Wildman–Crippen MR) is 112 cm³/mol. The number of sulfone groups is 1. The fourth-order valence-electron chi connectivity index (χ4n) is 3.46. The van der Waals surface area contributed by atoms with Crippen LogP contribution in [0.25, 0.3) is 0 Å². The van der Waals surface area contributed by atoms with E-state index in [1.807, 2.05) is 0 Å². The van der Waals surface area contributed by atoms with Crippen LogP contribution in [0.15, 0.2) is 59.5 Å². The maximum atomic E-state index is 12.9. The molecule has 1 aliphatic heterocycles. The van der Waals surface area contributed by atoms with Crippen LogP contribution in [0.5, 0.6) is 0 Å². The molecule has 0 spiro atoms. The second-order valence-corrected chi connectivity index (χ2v) is 11.2. The van der Waals surface area contributed by atoms with Crippen LogP contribution in [0.1, 0.15) is 23.7 Å². The predicted octanol–water partition coefficient (Wildman–Crippen LogP) is 2.16. The topological polar surface area (TPSA) is 91.8 Å². The highest BCUT2D eigenvalue weighted by Gasteiger charge is 2.34. The van der Waals surface area contributed by atoms with Crippen molar-refractivity contribution in [3.8, 4) is 0 Å². The smallest absolute Gasteiger partial charge is 0.264 e. The molecule has 0 bridgehead atoms. The van der Waals surface area contributed by atoms with Crippen LogP contribution in [0, 0.1) is 0 Å². The Morgan fingerprint density at radius 1 is 1.07 bits per heavy atom. The zero-order valence-electron chi connectivity index (χ0n) is 16.4. The second-order valence-electron chi connectivity index (χ2n) is 6.98. The molecule has 0 radical (unpaired) electrons. The number of carbonyl (C=O) groups is 1. The van der Waals surface area contributed by atoms with Crippen LogP contribution < -0.4 is 4.31 Å². The van der Waals surface area contributed by atoms with Gasteiger partial charge in [0.1, 0.15) is 0 Å². The SMILES string of the molecule is CCN(C(=O)c1ccc(S(=O)(=O)N(C)c2ccccc2)cc1)C1CCS(=O)(=O)C1. The van der Waals surface area contributed by atoms with E-state index < -0.39 is 19.9 Å². The van der Waals surface area contributed by atoms with E-state index >= 15 is 0 Å². The highest BCUT2D eigenvalue weighted by molar-refractivity contribution is 7.92. The number of para-hydroxylation sites is 1. The van der Waals surface area contributed by atoms with Gasteiger partial charge in [0.2, 0.25) is 0 Å². The second kappa shape index (κ2) is 8.16. The highest BCUT2D eigenvalue weighted by atomic mass is 32.2. The molecule has 1 fully saturated rings. The first-order chi connectivity index (χ1) is 13.7. The maximum Gasteiger partial charge on any atom is 0.264 e. The molecule has 0 aliphatic carbocycles. The van der Waals surface area contributed by atoms with Gasteiger partial charge in [0.15, 0.2) is 9.84 Å². The largest absolute Gasteiger partial charge is 0.335 e. The summed E-state index contributed by atoms with van der Waals surface area (Å²) in [5, 5.41) is 0. The number of hydrogen-bond acceptors (Lipinski definition) is 5. The van der Waals surface area contributed by atoms with Crippen molar-refractivity contribution in [2.75, 3.05) is 29.4 Å². The maximum absolute atomic E-state index is 12.9. The fraction of sp³-hybridized carbons (Fsp3) is 0.350. The molecular weight excluding hydrogens is 412 g/mol. The molecule has 1 aliphatic rings. The molecule has 9 heteroatoms. The van der Waals surface area contributed by atoms with Crippen LogP contribution in [0.3, 0.4) is 0 Å². The third kappa shape index (κ3) is 4.45. The molecule has 1 unspecified atom stereocenters. The number of sulfonamides is 1. The Morgan fingerprint density at radius 2 is 1.69 bits per heavy atom. The number of amides is 1. The van der Waals surface area contributed by atoms with Crippen LogP contribution in [0.4, 0.5) is 5.69 Å². The summed E-state index contributed by atoms with van der Waals surface area (Å²) in [6.07, 6.45) is 0.427. The first kappa shape index (κ1) is 21.3. The van der Waals surface area contributed by atoms with Gasteiger partial charge in [0.05, 0.1) is 22.1 Å². The number of anilines is 1. The first-order valence-corrected chi connectivity index (χ1v) is 12.6. The summed E-state index contributed by atoms with van der Waals surface area (Å²) in [6, 6.07) is 14.1. The van der Waals surface area contributed by atoms with E-state index in [-0.39, 0.29) is 28.4 Å². The lowest BCUT2D eigenvalue weighted by Gasteiger charge is -2.27. The van der Waals surface area contributed by atoms with E-state index in [9.17, 15) is 21.6 Å². The normalized spacial score (nSPS) is 18.3. The van der Waals surface area contributed by atoms with E-state index in [1.165, 1.54) is 35.6 Å². The minimum atomic E-state index is -3.76. The minimum absolute atomic E-state index is 0.0269. The molecule has 1 amide bonds. The van der Waals surface area contributed by atoms with Crippen molar-refractivity contribution >= 4 is 31.5 Å². The number of carbonyl (C=O) groups excluding carboxylic acids is 1. The molecule has 0 aromatic heterocycles. The Balaban J connectivity index is 1.81. The molecule has 2 aromatic rings. The number of nitrogens with zero attached hydrogens (tertiary/aromatic N) is 2. The Hall–Kier alpha value is -2.39. The van der Waals surface area contributed by atoms with Gasteiger partial charge in [0.25, 0.3) is 15.9 Å². The molecule has 2 aromatic carbocycles. The van der Waals surface area contributed by atoms with Gasteiger partial charge in [-0.1, -0.05) is 18.2 Å². The minimum Gasteiger partial charge on any atom is -0.335 e. The van der Waals surface area contributed by atoms with Gasteiger partial charge in [0, 0.05) is 25.2 Å². The molecule has 1 atom stereocenters. The van der Waals surface area contributed by atoms with Crippen molar-refractivity contribution in [2.24, 2.45) is 0 Å². The Morgan fingerprint density at radius 3 is 2.21 bits per heavy atom. The molecule has 7 nitrogen and oxygen atoms in total. The molecule has 156 valence electrons. The Kier molecular flexibility index (Phi) is 6.00. The molecule has 29 heavy (non-hydrogen) atoms. The summed E-state index contributed by atoms with van der Waals surface area (Å²) in [6.45, 7) is 2.19. The third-order valence-corrected chi connectivity index (χ3v) is 8.68. The Bertz CT molecular complexity index is 1080. The molecular formula is C20H24N2O5S2. The molecule has 3 rings (SSSR count). The summed E-state index contributed by atoms with van der Waals surface area (Å²) in [5.41, 5.74) is 0.865. The summed E-state index contributed by atoms with van der Waals surface area (Å²) in [7, 11) is -5.39. The van der Waals surface area contributed by atoms with Crippen molar-refractivity contribution in [1.29, 1.82) is 0 Å². The van der Waals surface area contributed by atoms with E-state index in [0.29, 0.717) is 24.2 Å². The van der Waals surface area contributed by atoms with Crippen molar-refractivity contribution < 1.29 is 21.6 Å². The third-order valence-electron chi connectivity index (χ3n) is 5.13. The average Bonchev–Trinajstić information content (AvgIpc) is 3.08. The number of rotatable bonds is 6. The van der Waals surface area contributed by atoms with E-state index in [1.54, 1.807) is 42.2 Å². The Labute approximate surface area is 171 Å². The van der Waals surface area contributed by atoms with Gasteiger partial charge in [-0.25, -0.2) is 16.8 Å². The van der Waals surface area contributed by atoms with Crippen molar-refractivity contribution in [1.82, 2.24) is 4.90 Å². The fourth-order valence-corrected chi connectivity index (χ4v) is 6.39. The lowest BCUT2D eigenvalue weighted by atomic mass is 10.1.